The molecule has 9 heteroatoms. The molecule has 0 unspecified atom stereocenters. The van der Waals surface area contributed by atoms with E-state index in [-0.39, 0.29) is 18.2 Å². The number of halogens is 1. The number of anilines is 3. The van der Waals surface area contributed by atoms with Crippen molar-refractivity contribution >= 4 is 29.1 Å². The summed E-state index contributed by atoms with van der Waals surface area (Å²) in [6, 6.07) is 0.393. The third-order valence-corrected chi connectivity index (χ3v) is 5.55. The molecule has 8 nitrogen and oxygen atoms in total. The van der Waals surface area contributed by atoms with Gasteiger partial charge in [0, 0.05) is 19.5 Å². The van der Waals surface area contributed by atoms with E-state index in [0.717, 1.165) is 17.8 Å². The van der Waals surface area contributed by atoms with Gasteiger partial charge in [-0.25, -0.2) is 4.98 Å². The quantitative estimate of drug-likeness (QED) is 0.788. The first-order valence-electron chi connectivity index (χ1n) is 8.86. The third-order valence-electron chi connectivity index (χ3n) is 5.28. The second kappa shape index (κ2) is 6.59. The Bertz CT molecular complexity index is 820. The maximum Gasteiger partial charge on any atom is 0.257 e. The molecule has 0 amide bonds. The Balaban J connectivity index is 1.74. The van der Waals surface area contributed by atoms with E-state index in [4.69, 9.17) is 16.3 Å². The van der Waals surface area contributed by atoms with Crippen LogP contribution in [0.1, 0.15) is 37.9 Å². The molecule has 3 heterocycles. The van der Waals surface area contributed by atoms with Gasteiger partial charge in [-0.2, -0.15) is 4.98 Å². The summed E-state index contributed by atoms with van der Waals surface area (Å²) in [5.41, 5.74) is 1.70. The van der Waals surface area contributed by atoms with Crippen molar-refractivity contribution in [2.45, 2.75) is 51.3 Å². The molecule has 2 N–H and O–H groups in total. The standard InChI is InChI=1S/C17H23ClN6O2/c1-9-4-5-26-16-14(10(2)24(22-16)11-6-12(25)7-11)20-17-19-8-13(18)15(21-17)23(9)3/h8-9,11-12,25H,4-7H2,1-3H3,(H,19,20,21)/t9-,11?,12?/m1/s1. The molecule has 4 rings (SSSR count). The molecular formula is C17H23ClN6O2. The van der Waals surface area contributed by atoms with Crippen molar-refractivity contribution in [3.05, 3.63) is 16.9 Å². The van der Waals surface area contributed by atoms with Crippen molar-refractivity contribution in [1.29, 1.82) is 0 Å². The maximum absolute atomic E-state index is 9.62. The molecule has 0 spiro atoms. The average molecular weight is 379 g/mol. The van der Waals surface area contributed by atoms with Crippen molar-refractivity contribution in [3.63, 3.8) is 0 Å². The van der Waals surface area contributed by atoms with Gasteiger partial charge in [-0.3, -0.25) is 4.68 Å². The molecule has 26 heavy (non-hydrogen) atoms. The lowest BCUT2D eigenvalue weighted by molar-refractivity contribution is 0.0420. The Labute approximate surface area is 157 Å². The van der Waals surface area contributed by atoms with Crippen LogP contribution < -0.4 is 15.0 Å². The van der Waals surface area contributed by atoms with Crippen LogP contribution in [0, 0.1) is 6.92 Å². The molecule has 140 valence electrons. The number of nitrogens with one attached hydrogen (secondary N) is 1. The maximum atomic E-state index is 9.62. The lowest BCUT2D eigenvalue weighted by Crippen LogP contribution is -2.32. The van der Waals surface area contributed by atoms with E-state index in [1.807, 2.05) is 23.6 Å². The number of rotatable bonds is 1. The monoisotopic (exact) mass is 378 g/mol. The van der Waals surface area contributed by atoms with Gasteiger partial charge in [-0.05, 0) is 26.7 Å². The summed E-state index contributed by atoms with van der Waals surface area (Å²) in [5, 5.41) is 18.0. The van der Waals surface area contributed by atoms with Crippen LogP contribution in [0.15, 0.2) is 6.20 Å². The number of fused-ring (bicyclic) bond motifs is 3. The molecular weight excluding hydrogens is 356 g/mol. The van der Waals surface area contributed by atoms with Gasteiger partial charge in [-0.15, -0.1) is 5.10 Å². The Morgan fingerprint density at radius 1 is 1.38 bits per heavy atom. The normalized spacial score (nSPS) is 25.4. The summed E-state index contributed by atoms with van der Waals surface area (Å²) in [5.74, 6) is 1.68. The van der Waals surface area contributed by atoms with E-state index < -0.39 is 0 Å². The lowest BCUT2D eigenvalue weighted by Gasteiger charge is -2.32. The van der Waals surface area contributed by atoms with Crippen LogP contribution in [-0.4, -0.2) is 50.7 Å². The SMILES string of the molecule is Cc1c2c(nn1C1CC(O)C1)OCC[C@@H](C)N(C)c1nc(ncc1Cl)N2. The largest absolute Gasteiger partial charge is 0.475 e. The van der Waals surface area contributed by atoms with Gasteiger partial charge >= 0.3 is 0 Å². The number of aliphatic hydroxyl groups excluding tert-OH is 1. The molecule has 1 atom stereocenters. The summed E-state index contributed by atoms with van der Waals surface area (Å²) >= 11 is 6.30. The van der Waals surface area contributed by atoms with Crippen molar-refractivity contribution in [2.75, 3.05) is 23.9 Å². The molecule has 2 aliphatic rings. The summed E-state index contributed by atoms with van der Waals surface area (Å²) in [6.45, 7) is 4.62. The second-order valence-corrected chi connectivity index (χ2v) is 7.48. The molecule has 1 fully saturated rings. The Hall–Kier alpha value is -2.06. The van der Waals surface area contributed by atoms with Crippen LogP contribution in [0.3, 0.4) is 0 Å². The number of ether oxygens (including phenoxy) is 1. The molecule has 2 bridgehead atoms. The number of hydrogen-bond donors (Lipinski definition) is 2. The Morgan fingerprint density at radius 2 is 2.15 bits per heavy atom. The topological polar surface area (TPSA) is 88.3 Å². The molecule has 0 aromatic carbocycles. The zero-order valence-electron chi connectivity index (χ0n) is 15.1. The molecule has 1 saturated carbocycles. The van der Waals surface area contributed by atoms with Crippen LogP contribution in [0.25, 0.3) is 0 Å². The molecule has 1 aliphatic carbocycles. The first-order valence-corrected chi connectivity index (χ1v) is 9.24. The van der Waals surface area contributed by atoms with Gasteiger partial charge in [0.15, 0.2) is 5.82 Å². The molecule has 1 aliphatic heterocycles. The second-order valence-electron chi connectivity index (χ2n) is 7.08. The van der Waals surface area contributed by atoms with E-state index in [9.17, 15) is 5.11 Å². The molecule has 0 radical (unpaired) electrons. The summed E-state index contributed by atoms with van der Waals surface area (Å²) < 4.78 is 7.91. The highest BCUT2D eigenvalue weighted by atomic mass is 35.5. The van der Waals surface area contributed by atoms with E-state index in [1.54, 1.807) is 6.20 Å². The van der Waals surface area contributed by atoms with Gasteiger partial charge in [-0.1, -0.05) is 11.6 Å². The highest BCUT2D eigenvalue weighted by Crippen LogP contribution is 2.39. The van der Waals surface area contributed by atoms with Crippen LogP contribution in [-0.2, 0) is 0 Å². The Kier molecular flexibility index (Phi) is 4.40. The van der Waals surface area contributed by atoms with Gasteiger partial charge in [0.25, 0.3) is 5.88 Å². The predicted molar refractivity (Wildman–Crippen MR) is 99.5 cm³/mol. The highest BCUT2D eigenvalue weighted by molar-refractivity contribution is 6.32. The zero-order chi connectivity index (χ0) is 18.4. The first kappa shape index (κ1) is 17.4. The summed E-state index contributed by atoms with van der Waals surface area (Å²) in [6.07, 6.45) is 3.60. The van der Waals surface area contributed by atoms with Crippen molar-refractivity contribution < 1.29 is 9.84 Å². The number of nitrogens with zero attached hydrogens (tertiary/aromatic N) is 5. The summed E-state index contributed by atoms with van der Waals surface area (Å²) in [7, 11) is 1.97. The number of aliphatic hydroxyl groups is 1. The van der Waals surface area contributed by atoms with E-state index in [1.165, 1.54) is 0 Å². The van der Waals surface area contributed by atoms with E-state index in [0.29, 0.717) is 42.1 Å². The van der Waals surface area contributed by atoms with Gasteiger partial charge in [0.05, 0.1) is 30.6 Å². The third kappa shape index (κ3) is 2.97. The summed E-state index contributed by atoms with van der Waals surface area (Å²) in [4.78, 5) is 10.9. The van der Waals surface area contributed by atoms with Crippen LogP contribution in [0.2, 0.25) is 5.02 Å². The van der Waals surface area contributed by atoms with Gasteiger partial charge in [0.2, 0.25) is 5.95 Å². The predicted octanol–water partition coefficient (Wildman–Crippen LogP) is 2.68. The fourth-order valence-electron chi connectivity index (χ4n) is 3.36. The fraction of sp³-hybridized carbons (Fsp3) is 0.588. The van der Waals surface area contributed by atoms with Crippen LogP contribution in [0.4, 0.5) is 17.5 Å². The van der Waals surface area contributed by atoms with E-state index in [2.05, 4.69) is 27.3 Å². The smallest absolute Gasteiger partial charge is 0.257 e. The minimum Gasteiger partial charge on any atom is -0.475 e. The van der Waals surface area contributed by atoms with Gasteiger partial charge in [0.1, 0.15) is 10.7 Å². The fourth-order valence-corrected chi connectivity index (χ4v) is 3.58. The minimum absolute atomic E-state index is 0.196. The number of hydrogen-bond acceptors (Lipinski definition) is 7. The molecule has 2 aromatic heterocycles. The number of aromatic nitrogens is 4. The Morgan fingerprint density at radius 3 is 2.88 bits per heavy atom. The van der Waals surface area contributed by atoms with Crippen LogP contribution >= 0.6 is 11.6 Å². The molecule has 0 saturated heterocycles. The highest BCUT2D eigenvalue weighted by Gasteiger charge is 2.32. The van der Waals surface area contributed by atoms with Crippen molar-refractivity contribution in [2.24, 2.45) is 0 Å². The van der Waals surface area contributed by atoms with Gasteiger partial charge < -0.3 is 20.1 Å². The zero-order valence-corrected chi connectivity index (χ0v) is 15.9. The average Bonchev–Trinajstić information content (AvgIpc) is 2.88. The molecule has 2 aromatic rings. The lowest BCUT2D eigenvalue weighted by atomic mass is 9.89. The van der Waals surface area contributed by atoms with Crippen molar-refractivity contribution in [3.8, 4) is 5.88 Å². The first-order chi connectivity index (χ1) is 12.4. The van der Waals surface area contributed by atoms with Crippen molar-refractivity contribution in [1.82, 2.24) is 19.7 Å². The minimum atomic E-state index is -0.242. The van der Waals surface area contributed by atoms with Crippen LogP contribution in [0.5, 0.6) is 5.88 Å². The van der Waals surface area contributed by atoms with E-state index >= 15 is 0 Å².